The van der Waals surface area contributed by atoms with Crippen molar-refractivity contribution in [1.29, 1.82) is 0 Å². The van der Waals surface area contributed by atoms with Crippen molar-refractivity contribution in [3.63, 3.8) is 0 Å². The molecule has 3 nitrogen and oxygen atoms in total. The Bertz CT molecular complexity index is 669. The van der Waals surface area contributed by atoms with E-state index < -0.39 is 11.8 Å². The summed E-state index contributed by atoms with van der Waals surface area (Å²) >= 11 is 0. The van der Waals surface area contributed by atoms with E-state index in [-0.39, 0.29) is 12.8 Å². The molecular formula is C19H23FO3. The summed E-state index contributed by atoms with van der Waals surface area (Å²) < 4.78 is 19.4. The first-order valence-electron chi connectivity index (χ1n) is 7.36. The zero-order chi connectivity index (χ0) is 17.6. The number of hydrogen-bond donors (Lipinski definition) is 1. The lowest BCUT2D eigenvalue weighted by Crippen LogP contribution is -1.98. The van der Waals surface area contributed by atoms with Crippen LogP contribution in [0.4, 0.5) is 4.39 Å². The van der Waals surface area contributed by atoms with E-state index in [1.54, 1.807) is 13.2 Å². The topological polar surface area (TPSA) is 46.5 Å². The van der Waals surface area contributed by atoms with Crippen molar-refractivity contribution in [3.8, 4) is 5.75 Å². The molecule has 0 heterocycles. The zero-order valence-corrected chi connectivity index (χ0v) is 14.1. The molecule has 0 aliphatic carbocycles. The SMILES string of the molecule is C=C(C)/C=C(\C=C(/F)CCC(=O)O)c1c(C)ccc(OC)c1C. The van der Waals surface area contributed by atoms with Gasteiger partial charge in [0.2, 0.25) is 0 Å². The zero-order valence-electron chi connectivity index (χ0n) is 14.1. The molecule has 0 saturated heterocycles. The van der Waals surface area contributed by atoms with Crippen molar-refractivity contribution >= 4 is 11.5 Å². The summed E-state index contributed by atoms with van der Waals surface area (Å²) in [5, 5.41) is 8.68. The van der Waals surface area contributed by atoms with Crippen LogP contribution in [0.25, 0.3) is 5.57 Å². The maximum Gasteiger partial charge on any atom is 0.303 e. The maximum atomic E-state index is 14.1. The van der Waals surface area contributed by atoms with E-state index in [9.17, 15) is 9.18 Å². The van der Waals surface area contributed by atoms with E-state index in [1.807, 2.05) is 32.9 Å². The molecule has 0 aliphatic heterocycles. The molecule has 0 fully saturated rings. The number of benzene rings is 1. The van der Waals surface area contributed by atoms with Gasteiger partial charge in [0, 0.05) is 6.42 Å². The normalized spacial score (nSPS) is 12.2. The number of halogens is 1. The molecule has 0 aliphatic rings. The predicted molar refractivity (Wildman–Crippen MR) is 91.3 cm³/mol. The molecule has 0 saturated carbocycles. The van der Waals surface area contributed by atoms with E-state index in [1.165, 1.54) is 6.08 Å². The van der Waals surface area contributed by atoms with Crippen LogP contribution in [0.2, 0.25) is 0 Å². The standard InChI is InChI=1S/C19H23FO3/c1-12(2)10-15(11-16(20)7-9-18(21)22)19-13(3)6-8-17(23-5)14(19)4/h6,8,10-11H,1,7,9H2,2-5H3,(H,21,22)/b15-10+,16-11-. The Labute approximate surface area is 136 Å². The highest BCUT2D eigenvalue weighted by atomic mass is 19.1. The fraction of sp³-hybridized carbons (Fsp3) is 0.316. The Hall–Kier alpha value is -2.36. The third-order valence-corrected chi connectivity index (χ3v) is 3.42. The summed E-state index contributed by atoms with van der Waals surface area (Å²) in [7, 11) is 1.59. The number of rotatable bonds is 7. The smallest absolute Gasteiger partial charge is 0.303 e. The number of allylic oxidation sites excluding steroid dienone is 5. The number of carboxylic acid groups (broad SMARTS) is 1. The van der Waals surface area contributed by atoms with E-state index in [2.05, 4.69) is 6.58 Å². The van der Waals surface area contributed by atoms with Crippen molar-refractivity contribution in [3.05, 3.63) is 59.0 Å². The number of carbonyl (C=O) groups is 1. The average molecular weight is 318 g/mol. The predicted octanol–water partition coefficient (Wildman–Crippen LogP) is 4.99. The molecule has 0 atom stereocenters. The molecule has 1 aromatic rings. The summed E-state index contributed by atoms with van der Waals surface area (Å²) in [6, 6.07) is 3.79. The van der Waals surface area contributed by atoms with Gasteiger partial charge in [-0.1, -0.05) is 24.3 Å². The first-order valence-corrected chi connectivity index (χ1v) is 7.36. The molecule has 1 aromatic carbocycles. The maximum absolute atomic E-state index is 14.1. The van der Waals surface area contributed by atoms with E-state index in [4.69, 9.17) is 9.84 Å². The number of aryl methyl sites for hydroxylation is 1. The van der Waals surface area contributed by atoms with Crippen molar-refractivity contribution in [2.75, 3.05) is 7.11 Å². The third kappa shape index (κ3) is 5.40. The molecular weight excluding hydrogens is 295 g/mol. The molecule has 0 unspecified atom stereocenters. The highest BCUT2D eigenvalue weighted by Crippen LogP contribution is 2.32. The van der Waals surface area contributed by atoms with Gasteiger partial charge in [0.05, 0.1) is 13.5 Å². The van der Waals surface area contributed by atoms with Gasteiger partial charge in [-0.2, -0.15) is 0 Å². The Kier molecular flexibility index (Phi) is 6.76. The van der Waals surface area contributed by atoms with Crippen LogP contribution in [0.1, 0.15) is 36.5 Å². The Morgan fingerprint density at radius 1 is 1.30 bits per heavy atom. The van der Waals surface area contributed by atoms with Crippen LogP contribution in [0.15, 0.2) is 42.3 Å². The minimum absolute atomic E-state index is 0.134. The van der Waals surface area contributed by atoms with Gasteiger partial charge in [0.15, 0.2) is 0 Å². The quantitative estimate of drug-likeness (QED) is 0.720. The molecule has 1 N–H and O–H groups in total. The number of methoxy groups -OCH3 is 1. The molecule has 0 spiro atoms. The van der Waals surface area contributed by atoms with E-state index in [0.29, 0.717) is 5.57 Å². The first-order chi connectivity index (χ1) is 10.8. The number of hydrogen-bond acceptors (Lipinski definition) is 2. The van der Waals surface area contributed by atoms with Crippen molar-refractivity contribution in [2.45, 2.75) is 33.6 Å². The lowest BCUT2D eigenvalue weighted by Gasteiger charge is -2.15. The minimum atomic E-state index is -1.02. The van der Waals surface area contributed by atoms with Crippen LogP contribution in [-0.2, 0) is 4.79 Å². The molecule has 0 aromatic heterocycles. The molecule has 23 heavy (non-hydrogen) atoms. The van der Waals surface area contributed by atoms with Gasteiger partial charge in [-0.3, -0.25) is 4.79 Å². The second kappa shape index (κ2) is 8.32. The average Bonchev–Trinajstić information content (AvgIpc) is 2.44. The molecule has 1 rings (SSSR count). The van der Waals surface area contributed by atoms with Crippen LogP contribution in [0, 0.1) is 13.8 Å². The lowest BCUT2D eigenvalue weighted by atomic mass is 9.93. The Morgan fingerprint density at radius 3 is 2.48 bits per heavy atom. The Balaban J connectivity index is 3.37. The van der Waals surface area contributed by atoms with Gasteiger partial charge >= 0.3 is 5.97 Å². The molecule has 0 amide bonds. The van der Waals surface area contributed by atoms with Gasteiger partial charge in [0.1, 0.15) is 11.6 Å². The fourth-order valence-electron chi connectivity index (χ4n) is 2.41. The summed E-state index contributed by atoms with van der Waals surface area (Å²) in [5.41, 5.74) is 4.20. The van der Waals surface area contributed by atoms with Crippen LogP contribution in [-0.4, -0.2) is 18.2 Å². The van der Waals surface area contributed by atoms with Gasteiger partial charge < -0.3 is 9.84 Å². The third-order valence-electron chi connectivity index (χ3n) is 3.42. The second-order valence-electron chi connectivity index (χ2n) is 5.52. The highest BCUT2D eigenvalue weighted by Gasteiger charge is 2.12. The minimum Gasteiger partial charge on any atom is -0.496 e. The van der Waals surface area contributed by atoms with Crippen molar-refractivity contribution in [1.82, 2.24) is 0 Å². The summed E-state index contributed by atoms with van der Waals surface area (Å²) in [5.74, 6) is -0.771. The van der Waals surface area contributed by atoms with Gasteiger partial charge in [-0.05, 0) is 55.2 Å². The summed E-state index contributed by atoms with van der Waals surface area (Å²) in [4.78, 5) is 10.6. The largest absolute Gasteiger partial charge is 0.496 e. The van der Waals surface area contributed by atoms with Crippen LogP contribution < -0.4 is 4.74 Å². The molecule has 124 valence electrons. The van der Waals surface area contributed by atoms with E-state index in [0.717, 1.165) is 28.0 Å². The van der Waals surface area contributed by atoms with Crippen molar-refractivity contribution < 1.29 is 19.0 Å². The highest BCUT2D eigenvalue weighted by molar-refractivity contribution is 5.81. The number of ether oxygens (including phenoxy) is 1. The van der Waals surface area contributed by atoms with Gasteiger partial charge in [0.25, 0.3) is 0 Å². The first kappa shape index (κ1) is 18.7. The number of aliphatic carboxylic acids is 1. The molecule has 0 bridgehead atoms. The van der Waals surface area contributed by atoms with Crippen LogP contribution in [0.3, 0.4) is 0 Å². The summed E-state index contributed by atoms with van der Waals surface area (Å²) in [6.07, 6.45) is 2.80. The van der Waals surface area contributed by atoms with E-state index >= 15 is 0 Å². The lowest BCUT2D eigenvalue weighted by molar-refractivity contribution is -0.137. The number of carboxylic acids is 1. The van der Waals surface area contributed by atoms with Crippen molar-refractivity contribution in [2.24, 2.45) is 0 Å². The van der Waals surface area contributed by atoms with Crippen LogP contribution >= 0.6 is 0 Å². The summed E-state index contributed by atoms with van der Waals surface area (Å²) in [6.45, 7) is 9.53. The van der Waals surface area contributed by atoms with Gasteiger partial charge in [-0.15, -0.1) is 0 Å². The Morgan fingerprint density at radius 2 is 1.96 bits per heavy atom. The molecule has 4 heteroatoms. The van der Waals surface area contributed by atoms with Gasteiger partial charge in [-0.25, -0.2) is 4.39 Å². The fourth-order valence-corrected chi connectivity index (χ4v) is 2.41. The monoisotopic (exact) mass is 318 g/mol. The second-order valence-corrected chi connectivity index (χ2v) is 5.52. The van der Waals surface area contributed by atoms with Crippen LogP contribution in [0.5, 0.6) is 5.75 Å². The molecule has 0 radical (unpaired) electrons.